The zero-order valence-electron chi connectivity index (χ0n) is 26.0. The lowest BCUT2D eigenvalue weighted by Gasteiger charge is -2.47. The van der Waals surface area contributed by atoms with Gasteiger partial charge in [-0.1, -0.05) is 0 Å². The number of amides is 4. The van der Waals surface area contributed by atoms with Crippen LogP contribution in [0.5, 0.6) is 0 Å². The van der Waals surface area contributed by atoms with Crippen LogP contribution in [-0.4, -0.2) is 85.3 Å². The van der Waals surface area contributed by atoms with Crippen molar-refractivity contribution < 1.29 is 19.2 Å². The minimum Gasteiger partial charge on any atom is -0.399 e. The fourth-order valence-electron chi connectivity index (χ4n) is 8.18. The van der Waals surface area contributed by atoms with Gasteiger partial charge >= 0.3 is 0 Å². The fraction of sp³-hybridized carbons (Fsp3) is 0.543. The van der Waals surface area contributed by atoms with Crippen molar-refractivity contribution in [3.8, 4) is 0 Å². The van der Waals surface area contributed by atoms with E-state index in [0.717, 1.165) is 55.3 Å². The number of carbonyl (C=O) groups excluding carboxylic acids is 4. The number of nitrogens with two attached hydrogens (primary N) is 1. The lowest BCUT2D eigenvalue weighted by molar-refractivity contribution is -0.136. The van der Waals surface area contributed by atoms with Gasteiger partial charge in [-0.3, -0.25) is 29.4 Å². The first-order valence-electron chi connectivity index (χ1n) is 16.7. The van der Waals surface area contributed by atoms with Gasteiger partial charge in [0.2, 0.25) is 11.8 Å². The molecule has 1 unspecified atom stereocenters. The average Bonchev–Trinajstić information content (AvgIpc) is 3.30. The number of piperidine rings is 4. The number of rotatable bonds is 6. The number of benzene rings is 2. The van der Waals surface area contributed by atoms with Crippen molar-refractivity contribution in [3.63, 3.8) is 0 Å². The van der Waals surface area contributed by atoms with Crippen LogP contribution in [0.3, 0.4) is 0 Å². The topological polar surface area (TPSA) is 119 Å². The molecule has 3 N–H and O–H groups in total. The van der Waals surface area contributed by atoms with Crippen LogP contribution >= 0.6 is 0 Å². The molecule has 4 amide bonds. The molecule has 45 heavy (non-hydrogen) atoms. The van der Waals surface area contributed by atoms with Crippen molar-refractivity contribution in [2.45, 2.75) is 63.8 Å². The number of nitrogens with zero attached hydrogens (tertiary/aromatic N) is 4. The third-order valence-corrected chi connectivity index (χ3v) is 11.3. The first-order valence-corrected chi connectivity index (χ1v) is 16.7. The second-order valence-electron chi connectivity index (χ2n) is 13.8. The van der Waals surface area contributed by atoms with Gasteiger partial charge in [0.25, 0.3) is 11.8 Å². The Labute approximate surface area is 264 Å². The van der Waals surface area contributed by atoms with Crippen LogP contribution in [0.2, 0.25) is 0 Å². The van der Waals surface area contributed by atoms with E-state index < -0.39 is 23.8 Å². The van der Waals surface area contributed by atoms with Gasteiger partial charge in [0.15, 0.2) is 0 Å². The van der Waals surface area contributed by atoms with E-state index in [1.807, 2.05) is 24.3 Å². The standard InChI is InChI=1S/C35H44N6O4/c36-25-1-3-26(4-2-25)40-21-14-35(15-22-40)12-19-38(20-13-35)16-9-24-10-17-39(18-11-24)27-5-6-28-29(23-27)34(45)41(33(28)44)30-7-8-31(42)37-32(30)43/h1-6,23-24,30H,7-22,36H2,(H,37,42,43). The highest BCUT2D eigenvalue weighted by Crippen LogP contribution is 2.42. The van der Waals surface area contributed by atoms with Crippen molar-refractivity contribution in [1.29, 1.82) is 0 Å². The second kappa shape index (κ2) is 12.1. The monoisotopic (exact) mass is 612 g/mol. The minimum absolute atomic E-state index is 0.118. The van der Waals surface area contributed by atoms with E-state index in [-0.39, 0.29) is 18.7 Å². The number of imide groups is 2. The number of hydrogen-bond acceptors (Lipinski definition) is 8. The molecular weight excluding hydrogens is 568 g/mol. The average molecular weight is 613 g/mol. The van der Waals surface area contributed by atoms with Gasteiger partial charge in [-0.15, -0.1) is 0 Å². The molecule has 7 rings (SSSR count). The lowest BCUT2D eigenvalue weighted by Crippen LogP contribution is -2.54. The van der Waals surface area contributed by atoms with Gasteiger partial charge in [-0.2, -0.15) is 0 Å². The summed E-state index contributed by atoms with van der Waals surface area (Å²) in [6, 6.07) is 12.8. The number of hydrogen-bond donors (Lipinski definition) is 2. The summed E-state index contributed by atoms with van der Waals surface area (Å²) in [4.78, 5) is 58.8. The highest BCUT2D eigenvalue weighted by molar-refractivity contribution is 6.23. The van der Waals surface area contributed by atoms with E-state index in [9.17, 15) is 19.2 Å². The van der Waals surface area contributed by atoms with Crippen molar-refractivity contribution in [2.24, 2.45) is 11.3 Å². The van der Waals surface area contributed by atoms with Gasteiger partial charge < -0.3 is 20.4 Å². The molecular formula is C35H44N6O4. The van der Waals surface area contributed by atoms with E-state index in [1.54, 1.807) is 6.07 Å². The summed E-state index contributed by atoms with van der Waals surface area (Å²) in [5.74, 6) is -1.16. The summed E-state index contributed by atoms with van der Waals surface area (Å²) in [7, 11) is 0. The smallest absolute Gasteiger partial charge is 0.262 e. The van der Waals surface area contributed by atoms with Gasteiger partial charge in [0, 0.05) is 49.7 Å². The number of fused-ring (bicyclic) bond motifs is 1. The highest BCUT2D eigenvalue weighted by Gasteiger charge is 2.45. The van der Waals surface area contributed by atoms with E-state index in [4.69, 9.17) is 5.73 Å². The third kappa shape index (κ3) is 5.92. The molecule has 4 saturated heterocycles. The summed E-state index contributed by atoms with van der Waals surface area (Å²) >= 11 is 0. The first-order chi connectivity index (χ1) is 21.8. The molecule has 10 heteroatoms. The SMILES string of the molecule is Nc1ccc(N2CCC3(CCN(CCC4CCN(c5ccc6c(c5)C(=O)N(C5CCC(=O)NC5=O)C6=O)CC4)CC3)CC2)cc1. The predicted molar refractivity (Wildman–Crippen MR) is 173 cm³/mol. The molecule has 0 aromatic heterocycles. The molecule has 2 aromatic carbocycles. The zero-order chi connectivity index (χ0) is 31.1. The Morgan fingerprint density at radius 2 is 1.36 bits per heavy atom. The van der Waals surface area contributed by atoms with Crippen LogP contribution in [0.25, 0.3) is 0 Å². The van der Waals surface area contributed by atoms with Gasteiger partial charge in [0.1, 0.15) is 6.04 Å². The molecule has 1 spiro atoms. The maximum atomic E-state index is 13.2. The quantitative estimate of drug-likeness (QED) is 0.375. The number of carbonyl (C=O) groups is 4. The first kappa shape index (κ1) is 29.8. The summed E-state index contributed by atoms with van der Waals surface area (Å²) < 4.78 is 0. The van der Waals surface area contributed by atoms with Crippen molar-refractivity contribution in [2.75, 3.05) is 61.3 Å². The summed E-state index contributed by atoms with van der Waals surface area (Å²) in [6.07, 6.45) is 8.91. The van der Waals surface area contributed by atoms with E-state index >= 15 is 0 Å². The van der Waals surface area contributed by atoms with Crippen LogP contribution in [0, 0.1) is 11.3 Å². The van der Waals surface area contributed by atoms with Crippen LogP contribution in [-0.2, 0) is 9.59 Å². The van der Waals surface area contributed by atoms with E-state index in [1.165, 1.54) is 57.4 Å². The maximum Gasteiger partial charge on any atom is 0.262 e. The fourth-order valence-corrected chi connectivity index (χ4v) is 8.18. The molecule has 4 fully saturated rings. The highest BCUT2D eigenvalue weighted by atomic mass is 16.2. The molecule has 10 nitrogen and oxygen atoms in total. The van der Waals surface area contributed by atoms with E-state index in [2.05, 4.69) is 32.1 Å². The van der Waals surface area contributed by atoms with Crippen molar-refractivity contribution >= 4 is 40.7 Å². The minimum atomic E-state index is -0.937. The molecule has 5 aliphatic heterocycles. The summed E-state index contributed by atoms with van der Waals surface area (Å²) in [5.41, 5.74) is 10.1. The van der Waals surface area contributed by atoms with Crippen molar-refractivity contribution in [1.82, 2.24) is 15.1 Å². The van der Waals surface area contributed by atoms with Gasteiger partial charge in [0.05, 0.1) is 11.1 Å². The number of nitrogen functional groups attached to an aromatic ring is 1. The molecule has 2 aromatic rings. The summed E-state index contributed by atoms with van der Waals surface area (Å²) in [6.45, 7) is 7.71. The number of nitrogens with one attached hydrogen (secondary N) is 1. The predicted octanol–water partition coefficient (Wildman–Crippen LogP) is 3.66. The molecule has 238 valence electrons. The Morgan fingerprint density at radius 3 is 2.04 bits per heavy atom. The molecule has 0 aliphatic carbocycles. The molecule has 5 aliphatic rings. The van der Waals surface area contributed by atoms with Crippen LogP contribution in [0.4, 0.5) is 17.1 Å². The molecule has 0 radical (unpaired) electrons. The Kier molecular flexibility index (Phi) is 8.02. The molecule has 1 atom stereocenters. The van der Waals surface area contributed by atoms with Gasteiger partial charge in [-0.25, -0.2) is 0 Å². The second-order valence-corrected chi connectivity index (χ2v) is 13.8. The molecule has 0 bridgehead atoms. The van der Waals surface area contributed by atoms with Crippen LogP contribution < -0.4 is 20.9 Å². The number of anilines is 3. The Bertz CT molecular complexity index is 1470. The zero-order valence-corrected chi connectivity index (χ0v) is 26.0. The largest absolute Gasteiger partial charge is 0.399 e. The normalized spacial score (nSPS) is 24.4. The van der Waals surface area contributed by atoms with Crippen molar-refractivity contribution in [3.05, 3.63) is 53.6 Å². The summed E-state index contributed by atoms with van der Waals surface area (Å²) in [5, 5.41) is 2.25. The Hall–Kier alpha value is -3.92. The lowest BCUT2D eigenvalue weighted by atomic mass is 9.71. The van der Waals surface area contributed by atoms with Crippen LogP contribution in [0.15, 0.2) is 42.5 Å². The third-order valence-electron chi connectivity index (χ3n) is 11.3. The van der Waals surface area contributed by atoms with E-state index in [0.29, 0.717) is 22.5 Å². The molecule has 5 heterocycles. The Balaban J connectivity index is 0.862. The van der Waals surface area contributed by atoms with Gasteiger partial charge in [-0.05, 0) is 125 Å². The van der Waals surface area contributed by atoms with Crippen LogP contribution in [0.1, 0.15) is 78.5 Å². The number of likely N-dealkylation sites (tertiary alicyclic amines) is 1. The maximum absolute atomic E-state index is 13.2. The molecule has 0 saturated carbocycles. The Morgan fingerprint density at radius 1 is 0.733 bits per heavy atom.